The van der Waals surface area contributed by atoms with Gasteiger partial charge in [0.2, 0.25) is 15.9 Å². The molecule has 1 aromatic rings. The molecule has 1 unspecified atom stereocenters. The van der Waals surface area contributed by atoms with Crippen LogP contribution in [0.1, 0.15) is 6.42 Å². The third-order valence-electron chi connectivity index (χ3n) is 3.26. The Labute approximate surface area is 127 Å². The van der Waals surface area contributed by atoms with Gasteiger partial charge in [-0.3, -0.25) is 9.35 Å². The Morgan fingerprint density at radius 2 is 1.91 bits per heavy atom. The molecule has 0 aromatic heterocycles. The van der Waals surface area contributed by atoms with Gasteiger partial charge in [0, 0.05) is 18.9 Å². The van der Waals surface area contributed by atoms with Crippen molar-refractivity contribution in [2.75, 3.05) is 22.9 Å². The Hall–Kier alpha value is -1.69. The number of amides is 1. The molecule has 0 bridgehead atoms. The zero-order chi connectivity index (χ0) is 16.7. The molecule has 1 aliphatic rings. The molecule has 2 rings (SSSR count). The number of nitrogen functional groups attached to an aromatic ring is 1. The van der Waals surface area contributed by atoms with Crippen molar-refractivity contribution in [1.82, 2.24) is 0 Å². The maximum atomic E-state index is 12.0. The number of primary sulfonamides is 1. The van der Waals surface area contributed by atoms with Gasteiger partial charge in [-0.05, 0) is 18.2 Å². The van der Waals surface area contributed by atoms with Crippen LogP contribution >= 0.6 is 0 Å². The van der Waals surface area contributed by atoms with Crippen molar-refractivity contribution >= 4 is 37.4 Å². The SMILES string of the molecule is Nc1cc(S(=O)(=O)O)ccc1N1CC(CS(N)(=O)=O)CC1=O. The second-order valence-electron chi connectivity index (χ2n) is 5.10. The zero-order valence-corrected chi connectivity index (χ0v) is 13.0. The third kappa shape index (κ3) is 3.74. The molecule has 1 heterocycles. The lowest BCUT2D eigenvalue weighted by atomic mass is 10.1. The lowest BCUT2D eigenvalue weighted by Gasteiger charge is -2.19. The van der Waals surface area contributed by atoms with Crippen molar-refractivity contribution in [3.05, 3.63) is 18.2 Å². The van der Waals surface area contributed by atoms with E-state index in [0.717, 1.165) is 12.1 Å². The van der Waals surface area contributed by atoms with Crippen molar-refractivity contribution < 1.29 is 26.2 Å². The maximum absolute atomic E-state index is 12.0. The summed E-state index contributed by atoms with van der Waals surface area (Å²) in [5, 5.41) is 4.97. The van der Waals surface area contributed by atoms with Crippen LogP contribution in [0.4, 0.5) is 11.4 Å². The standard InChI is InChI=1S/C11H15N3O6S2/c12-9-4-8(22(18,19)20)1-2-10(9)14-5-7(3-11(14)15)6-21(13,16)17/h1-2,4,7H,3,5-6,12H2,(H2,13,16,17)(H,18,19,20). The molecule has 9 nitrogen and oxygen atoms in total. The van der Waals surface area contributed by atoms with Crippen LogP contribution in [-0.4, -0.2) is 39.6 Å². The number of hydrogen-bond acceptors (Lipinski definition) is 6. The van der Waals surface area contributed by atoms with Crippen LogP contribution in [0.3, 0.4) is 0 Å². The van der Waals surface area contributed by atoms with E-state index in [1.807, 2.05) is 0 Å². The molecule has 0 spiro atoms. The number of sulfonamides is 1. The first-order chi connectivity index (χ1) is 9.97. The maximum Gasteiger partial charge on any atom is 0.294 e. The van der Waals surface area contributed by atoms with E-state index in [0.29, 0.717) is 0 Å². The Morgan fingerprint density at radius 3 is 2.41 bits per heavy atom. The summed E-state index contributed by atoms with van der Waals surface area (Å²) in [7, 11) is -8.09. The normalized spacial score (nSPS) is 19.6. The van der Waals surface area contributed by atoms with Gasteiger partial charge in [-0.1, -0.05) is 0 Å². The summed E-state index contributed by atoms with van der Waals surface area (Å²) in [4.78, 5) is 12.9. The van der Waals surface area contributed by atoms with Crippen molar-refractivity contribution in [1.29, 1.82) is 0 Å². The molecule has 1 fully saturated rings. The van der Waals surface area contributed by atoms with Crippen LogP contribution in [0.15, 0.2) is 23.1 Å². The van der Waals surface area contributed by atoms with E-state index in [9.17, 15) is 21.6 Å². The van der Waals surface area contributed by atoms with Crippen LogP contribution in [0, 0.1) is 5.92 Å². The van der Waals surface area contributed by atoms with Gasteiger partial charge in [-0.15, -0.1) is 0 Å². The highest BCUT2D eigenvalue weighted by Gasteiger charge is 2.33. The van der Waals surface area contributed by atoms with E-state index in [1.54, 1.807) is 0 Å². The van der Waals surface area contributed by atoms with Gasteiger partial charge in [0.1, 0.15) is 0 Å². The van der Waals surface area contributed by atoms with Gasteiger partial charge in [0.25, 0.3) is 10.1 Å². The number of benzene rings is 1. The molecule has 1 atom stereocenters. The summed E-state index contributed by atoms with van der Waals surface area (Å²) in [6.45, 7) is 0.116. The average Bonchev–Trinajstić information content (AvgIpc) is 2.66. The topological polar surface area (TPSA) is 161 Å². The van der Waals surface area contributed by atoms with Gasteiger partial charge >= 0.3 is 0 Å². The highest BCUT2D eigenvalue weighted by atomic mass is 32.2. The first kappa shape index (κ1) is 16.7. The van der Waals surface area contributed by atoms with Crippen LogP contribution in [0.2, 0.25) is 0 Å². The van der Waals surface area contributed by atoms with Crippen molar-refractivity contribution in [3.8, 4) is 0 Å². The first-order valence-electron chi connectivity index (χ1n) is 6.15. The van der Waals surface area contributed by atoms with Gasteiger partial charge in [-0.2, -0.15) is 8.42 Å². The fraction of sp³-hybridized carbons (Fsp3) is 0.364. The third-order valence-corrected chi connectivity index (χ3v) is 5.05. The number of hydrogen-bond donors (Lipinski definition) is 3. The van der Waals surface area contributed by atoms with E-state index >= 15 is 0 Å². The van der Waals surface area contributed by atoms with Crippen molar-refractivity contribution in [2.24, 2.45) is 11.1 Å². The Kier molecular flexibility index (Phi) is 4.17. The zero-order valence-electron chi connectivity index (χ0n) is 11.3. The van der Waals surface area contributed by atoms with Crippen LogP contribution in [-0.2, 0) is 24.9 Å². The molecule has 1 saturated heterocycles. The Bertz CT molecular complexity index is 818. The number of nitrogens with two attached hydrogens (primary N) is 2. The first-order valence-corrected chi connectivity index (χ1v) is 9.31. The van der Waals surface area contributed by atoms with Gasteiger partial charge in [0.05, 0.1) is 22.0 Å². The molecule has 11 heteroatoms. The molecule has 1 aromatic carbocycles. The summed E-state index contributed by atoms with van der Waals surface area (Å²) in [5.41, 5.74) is 5.96. The Morgan fingerprint density at radius 1 is 1.27 bits per heavy atom. The minimum Gasteiger partial charge on any atom is -0.397 e. The summed E-state index contributed by atoms with van der Waals surface area (Å²) < 4.78 is 53.2. The average molecular weight is 349 g/mol. The highest BCUT2D eigenvalue weighted by molar-refractivity contribution is 7.89. The smallest absolute Gasteiger partial charge is 0.294 e. The van der Waals surface area contributed by atoms with E-state index in [-0.39, 0.29) is 40.9 Å². The lowest BCUT2D eigenvalue weighted by molar-refractivity contribution is -0.117. The molecular formula is C11H15N3O6S2. The summed E-state index contributed by atoms with van der Waals surface area (Å²) in [6, 6.07) is 3.43. The number of carbonyl (C=O) groups is 1. The largest absolute Gasteiger partial charge is 0.397 e. The molecule has 1 amide bonds. The molecule has 5 N–H and O–H groups in total. The van der Waals surface area contributed by atoms with Crippen LogP contribution in [0.5, 0.6) is 0 Å². The molecule has 0 saturated carbocycles. The predicted octanol–water partition coefficient (Wildman–Crippen LogP) is -0.843. The predicted molar refractivity (Wildman–Crippen MR) is 79.1 cm³/mol. The van der Waals surface area contributed by atoms with E-state index in [1.165, 1.54) is 11.0 Å². The molecule has 1 aliphatic heterocycles. The van der Waals surface area contributed by atoms with Crippen LogP contribution in [0.25, 0.3) is 0 Å². The minimum absolute atomic E-state index is 0.00984. The molecule has 0 radical (unpaired) electrons. The molecule has 122 valence electrons. The monoisotopic (exact) mass is 349 g/mol. The molecule has 22 heavy (non-hydrogen) atoms. The fourth-order valence-corrected chi connectivity index (χ4v) is 3.79. The Balaban J connectivity index is 2.28. The molecular weight excluding hydrogens is 334 g/mol. The van der Waals surface area contributed by atoms with Crippen molar-refractivity contribution in [3.63, 3.8) is 0 Å². The van der Waals surface area contributed by atoms with E-state index in [4.69, 9.17) is 15.4 Å². The van der Waals surface area contributed by atoms with Gasteiger partial charge in [0.15, 0.2) is 0 Å². The number of rotatable bonds is 4. The quantitative estimate of drug-likeness (QED) is 0.471. The lowest BCUT2D eigenvalue weighted by Crippen LogP contribution is -2.28. The summed E-state index contributed by atoms with van der Waals surface area (Å²) >= 11 is 0. The summed E-state index contributed by atoms with van der Waals surface area (Å²) in [6.07, 6.45) is 0.00984. The van der Waals surface area contributed by atoms with Gasteiger partial charge < -0.3 is 10.6 Å². The number of nitrogens with zero attached hydrogens (tertiary/aromatic N) is 1. The second kappa shape index (κ2) is 5.50. The van der Waals surface area contributed by atoms with E-state index < -0.39 is 26.1 Å². The second-order valence-corrected chi connectivity index (χ2v) is 8.18. The number of carbonyl (C=O) groups excluding carboxylic acids is 1. The molecule has 0 aliphatic carbocycles. The van der Waals surface area contributed by atoms with Crippen molar-refractivity contribution in [2.45, 2.75) is 11.3 Å². The van der Waals surface area contributed by atoms with Crippen LogP contribution < -0.4 is 15.8 Å². The minimum atomic E-state index is -4.39. The fourth-order valence-electron chi connectivity index (χ4n) is 2.39. The number of anilines is 2. The van der Waals surface area contributed by atoms with E-state index in [2.05, 4.69) is 0 Å². The van der Waals surface area contributed by atoms with Gasteiger partial charge in [-0.25, -0.2) is 13.6 Å². The highest BCUT2D eigenvalue weighted by Crippen LogP contribution is 2.31. The summed E-state index contributed by atoms with van der Waals surface area (Å²) in [5.74, 6) is -1.11.